The molecule has 0 saturated heterocycles. The zero-order valence-electron chi connectivity index (χ0n) is 8.34. The van der Waals surface area contributed by atoms with E-state index in [1.165, 1.54) is 0 Å². The average Bonchev–Trinajstić information content (AvgIpc) is 1.80. The molecule has 0 aromatic heterocycles. The summed E-state index contributed by atoms with van der Waals surface area (Å²) < 4.78 is 5.48. The topological polar surface area (TPSA) is 56.1 Å². The van der Waals surface area contributed by atoms with E-state index < -0.39 is 22.4 Å². The highest BCUT2D eigenvalue weighted by Crippen LogP contribution is 2.20. The van der Waals surface area contributed by atoms with Gasteiger partial charge in [0.25, 0.3) is 0 Å². The first-order valence-corrected chi connectivity index (χ1v) is 9.79. The molecular formula is C7H16NO2Si2-. The van der Waals surface area contributed by atoms with Gasteiger partial charge in [0.15, 0.2) is 8.32 Å². The molecule has 2 atom stereocenters. The summed E-state index contributed by atoms with van der Waals surface area (Å²) in [5.74, 6) is 0. The second kappa shape index (κ2) is 3.70. The van der Waals surface area contributed by atoms with Gasteiger partial charge in [-0.2, -0.15) is 5.26 Å². The van der Waals surface area contributed by atoms with E-state index in [9.17, 15) is 4.80 Å². The summed E-state index contributed by atoms with van der Waals surface area (Å²) in [6.45, 7) is 9.14. The van der Waals surface area contributed by atoms with Crippen molar-refractivity contribution in [1.82, 2.24) is 0 Å². The third-order valence-corrected chi connectivity index (χ3v) is 7.26. The lowest BCUT2D eigenvalue weighted by Crippen LogP contribution is -2.57. The molecule has 0 heterocycles. The highest BCUT2D eigenvalue weighted by Gasteiger charge is 2.28. The molecule has 0 spiro atoms. The molecule has 0 fully saturated rings. The van der Waals surface area contributed by atoms with Gasteiger partial charge in [-0.15, -0.1) is 0 Å². The molecule has 12 heavy (non-hydrogen) atoms. The van der Waals surface area contributed by atoms with Crippen LogP contribution in [0.1, 0.15) is 6.92 Å². The molecular weight excluding hydrogens is 186 g/mol. The average molecular weight is 202 g/mol. The molecule has 0 aliphatic rings. The van der Waals surface area contributed by atoms with Crippen LogP contribution in [-0.4, -0.2) is 16.9 Å². The van der Waals surface area contributed by atoms with Crippen molar-refractivity contribution in [3.8, 4) is 6.07 Å². The van der Waals surface area contributed by atoms with Gasteiger partial charge >= 0.3 is 0 Å². The summed E-state index contributed by atoms with van der Waals surface area (Å²) in [4.78, 5) is 11.8. The van der Waals surface area contributed by atoms with E-state index in [0.717, 1.165) is 0 Å². The van der Waals surface area contributed by atoms with Gasteiger partial charge in [-0.1, -0.05) is 13.5 Å². The fraction of sp³-hybridized carbons (Fsp3) is 0.857. The first-order chi connectivity index (χ1) is 5.19. The normalized spacial score (nSPS) is 19.4. The molecule has 0 aromatic carbocycles. The maximum Gasteiger partial charge on any atom is 0.169 e. The minimum absolute atomic E-state index is 0.468. The van der Waals surface area contributed by atoms with Crippen molar-refractivity contribution in [1.29, 1.82) is 5.26 Å². The lowest BCUT2D eigenvalue weighted by Gasteiger charge is -2.42. The Kier molecular flexibility index (Phi) is 3.66. The van der Waals surface area contributed by atoms with Gasteiger partial charge in [-0.3, -0.25) is 0 Å². The van der Waals surface area contributed by atoms with E-state index in [-0.39, 0.29) is 0 Å². The summed E-state index contributed by atoms with van der Waals surface area (Å²) in [5, 5.41) is 8.59. The number of rotatable bonds is 3. The Bertz CT molecular complexity index is 193. The van der Waals surface area contributed by atoms with E-state index in [2.05, 4.69) is 0 Å². The van der Waals surface area contributed by atoms with Crippen LogP contribution in [-0.2, 0) is 4.12 Å². The molecule has 0 aliphatic heterocycles. The van der Waals surface area contributed by atoms with Crippen molar-refractivity contribution in [2.45, 2.75) is 38.7 Å². The zero-order valence-corrected chi connectivity index (χ0v) is 10.3. The lowest BCUT2D eigenvalue weighted by molar-refractivity contribution is -0.231. The Morgan fingerprint density at radius 1 is 1.33 bits per heavy atom. The predicted octanol–water partition coefficient (Wildman–Crippen LogP) is 1.18. The molecule has 3 nitrogen and oxygen atoms in total. The van der Waals surface area contributed by atoms with Crippen LogP contribution in [0.4, 0.5) is 0 Å². The third-order valence-electron chi connectivity index (χ3n) is 1.49. The van der Waals surface area contributed by atoms with E-state index in [1.54, 1.807) is 13.5 Å². The molecule has 0 aliphatic carbocycles. The summed E-state index contributed by atoms with van der Waals surface area (Å²) in [7, 11) is -4.77. The van der Waals surface area contributed by atoms with Crippen molar-refractivity contribution in [2.75, 3.05) is 0 Å². The molecule has 0 amide bonds. The number of hydrogen-bond acceptors (Lipinski definition) is 3. The highest BCUT2D eigenvalue weighted by molar-refractivity contribution is 6.81. The van der Waals surface area contributed by atoms with E-state index in [4.69, 9.17) is 9.38 Å². The van der Waals surface area contributed by atoms with Crippen LogP contribution >= 0.6 is 0 Å². The minimum atomic E-state index is -2.99. The van der Waals surface area contributed by atoms with Crippen molar-refractivity contribution in [2.24, 2.45) is 0 Å². The van der Waals surface area contributed by atoms with Crippen molar-refractivity contribution in [3.63, 3.8) is 0 Å². The quantitative estimate of drug-likeness (QED) is 0.646. The molecule has 0 N–H and O–H groups in total. The second-order valence-corrected chi connectivity index (χ2v) is 12.0. The SMILES string of the molecule is CC(C#N)[Si](C)([O-])O[Si](C)(C)C. The number of hydrogen-bond donors (Lipinski definition) is 0. The van der Waals surface area contributed by atoms with E-state index in [0.29, 0.717) is 0 Å². The number of nitrogens with zero attached hydrogens (tertiary/aromatic N) is 1. The molecule has 70 valence electrons. The summed E-state index contributed by atoms with van der Waals surface area (Å²) in [5.41, 5.74) is -0.468. The van der Waals surface area contributed by atoms with Crippen LogP contribution in [0, 0.1) is 11.3 Å². The Labute approximate surface area is 76.4 Å². The summed E-state index contributed by atoms with van der Waals surface area (Å²) in [6, 6.07) is 1.97. The van der Waals surface area contributed by atoms with Gasteiger partial charge in [-0.05, 0) is 19.6 Å². The first-order valence-electron chi connectivity index (χ1n) is 3.99. The smallest absolute Gasteiger partial charge is 0.169 e. The molecule has 5 heteroatoms. The first kappa shape index (κ1) is 11.8. The van der Waals surface area contributed by atoms with Gasteiger partial charge in [0, 0.05) is 5.54 Å². The van der Waals surface area contributed by atoms with Crippen LogP contribution in [0.15, 0.2) is 0 Å². The Morgan fingerprint density at radius 2 is 1.75 bits per heavy atom. The van der Waals surface area contributed by atoms with Crippen LogP contribution in [0.3, 0.4) is 0 Å². The van der Waals surface area contributed by atoms with Crippen LogP contribution < -0.4 is 4.80 Å². The molecule has 2 unspecified atom stereocenters. The molecule has 0 aromatic rings. The van der Waals surface area contributed by atoms with Crippen LogP contribution in [0.5, 0.6) is 0 Å². The van der Waals surface area contributed by atoms with E-state index >= 15 is 0 Å². The molecule has 0 radical (unpaired) electrons. The molecule has 0 bridgehead atoms. The zero-order chi connectivity index (χ0) is 9.99. The summed E-state index contributed by atoms with van der Waals surface area (Å²) in [6.07, 6.45) is 0. The van der Waals surface area contributed by atoms with Crippen molar-refractivity contribution in [3.05, 3.63) is 0 Å². The number of nitriles is 1. The van der Waals surface area contributed by atoms with Crippen LogP contribution in [0.25, 0.3) is 0 Å². The maximum absolute atomic E-state index is 11.8. The van der Waals surface area contributed by atoms with E-state index in [1.807, 2.05) is 25.7 Å². The van der Waals surface area contributed by atoms with Crippen molar-refractivity contribution >= 4 is 16.9 Å². The Morgan fingerprint density at radius 3 is 2.00 bits per heavy atom. The maximum atomic E-state index is 11.8. The monoisotopic (exact) mass is 202 g/mol. The van der Waals surface area contributed by atoms with Crippen molar-refractivity contribution < 1.29 is 8.91 Å². The lowest BCUT2D eigenvalue weighted by atomic mass is 10.5. The molecule has 0 saturated carbocycles. The fourth-order valence-corrected chi connectivity index (χ4v) is 6.62. The Hall–Kier alpha value is -0.156. The predicted molar refractivity (Wildman–Crippen MR) is 51.1 cm³/mol. The van der Waals surface area contributed by atoms with Gasteiger partial charge in [0.2, 0.25) is 0 Å². The van der Waals surface area contributed by atoms with Gasteiger partial charge in [0.05, 0.1) is 14.6 Å². The second-order valence-electron chi connectivity index (χ2n) is 4.08. The fourth-order valence-electron chi connectivity index (χ4n) is 0.814. The largest absolute Gasteiger partial charge is 0.838 e. The molecule has 0 rings (SSSR count). The van der Waals surface area contributed by atoms with Gasteiger partial charge < -0.3 is 8.91 Å². The van der Waals surface area contributed by atoms with Crippen LogP contribution in [0.2, 0.25) is 31.7 Å². The minimum Gasteiger partial charge on any atom is -0.838 e. The third kappa shape index (κ3) is 4.02. The summed E-state index contributed by atoms with van der Waals surface area (Å²) >= 11 is 0. The highest BCUT2D eigenvalue weighted by atomic mass is 28.4. The van der Waals surface area contributed by atoms with Gasteiger partial charge in [0.1, 0.15) is 0 Å². The standard InChI is InChI=1S/C7H16NO2Si2/c1-7(6-8)12(5,9)10-11(2,3)4/h7H,1-5H3/q-1. The Balaban J connectivity index is 4.35. The van der Waals surface area contributed by atoms with Gasteiger partial charge in [-0.25, -0.2) is 0 Å².